The second kappa shape index (κ2) is 10.9. The van der Waals surface area contributed by atoms with Crippen molar-refractivity contribution in [3.63, 3.8) is 0 Å². The highest BCUT2D eigenvalue weighted by molar-refractivity contribution is 6.87. The van der Waals surface area contributed by atoms with Crippen LogP contribution in [0.5, 0.6) is 11.5 Å². The number of carbonyl (C=O) groups is 1. The predicted molar refractivity (Wildman–Crippen MR) is 133 cm³/mol. The average molecular weight is 495 g/mol. The van der Waals surface area contributed by atoms with Crippen molar-refractivity contribution in [3.8, 4) is 11.5 Å². The van der Waals surface area contributed by atoms with Crippen LogP contribution in [0.1, 0.15) is 16.8 Å². The maximum Gasteiger partial charge on any atom is 0.343 e. The SMILES string of the molecule is C[Si](C)(C)O[Si](C)(CCCOc1ccc(C(=O)Oc2ccc(F)cc2)cc1)O[Si](C)(C)C. The third-order valence-electron chi connectivity index (χ3n) is 4.20. The fourth-order valence-electron chi connectivity index (χ4n) is 3.36. The highest BCUT2D eigenvalue weighted by Crippen LogP contribution is 2.26. The van der Waals surface area contributed by atoms with Gasteiger partial charge in [-0.05, 0) is 107 Å². The standard InChI is InChI=1S/C23H35FO5Si3/c1-30(2,3)28-32(7,29-31(4,5)6)18-8-17-26-21-13-9-19(10-14-21)23(25)27-22-15-11-20(24)12-16-22/h9-16H,8,17-18H2,1-7H3. The molecule has 0 radical (unpaired) electrons. The summed E-state index contributed by atoms with van der Waals surface area (Å²) in [7, 11) is -5.68. The van der Waals surface area contributed by atoms with Crippen molar-refractivity contribution in [1.82, 2.24) is 0 Å². The van der Waals surface area contributed by atoms with Gasteiger partial charge in [0, 0.05) is 0 Å². The van der Waals surface area contributed by atoms with Gasteiger partial charge < -0.3 is 17.7 Å². The number of hydrogen-bond acceptors (Lipinski definition) is 5. The number of esters is 1. The molecule has 0 aromatic heterocycles. The largest absolute Gasteiger partial charge is 0.494 e. The Bertz CT molecular complexity index is 858. The fourth-order valence-corrected chi connectivity index (χ4v) is 15.9. The molecule has 0 unspecified atom stereocenters. The number of carbonyl (C=O) groups excluding carboxylic acids is 1. The normalized spacial score (nSPS) is 12.5. The van der Waals surface area contributed by atoms with E-state index in [0.717, 1.165) is 12.5 Å². The molecule has 0 heterocycles. The number of rotatable bonds is 11. The first kappa shape index (κ1) is 26.5. The Morgan fingerprint density at radius 3 is 1.78 bits per heavy atom. The van der Waals surface area contributed by atoms with Gasteiger partial charge in [0.25, 0.3) is 0 Å². The molecule has 0 aliphatic heterocycles. The number of ether oxygens (including phenoxy) is 2. The summed E-state index contributed by atoms with van der Waals surface area (Å²) in [6.45, 7) is 15.9. The highest BCUT2D eigenvalue weighted by Gasteiger charge is 2.39. The van der Waals surface area contributed by atoms with Crippen molar-refractivity contribution in [2.24, 2.45) is 0 Å². The van der Waals surface area contributed by atoms with Crippen LogP contribution in [0, 0.1) is 5.82 Å². The molecule has 32 heavy (non-hydrogen) atoms. The van der Waals surface area contributed by atoms with Crippen LogP contribution in [0.2, 0.25) is 51.9 Å². The molecule has 0 bridgehead atoms. The van der Waals surface area contributed by atoms with Crippen molar-refractivity contribution >= 4 is 31.2 Å². The average Bonchev–Trinajstić information content (AvgIpc) is 2.64. The van der Waals surface area contributed by atoms with Crippen molar-refractivity contribution in [1.29, 1.82) is 0 Å². The van der Waals surface area contributed by atoms with E-state index in [0.29, 0.717) is 23.7 Å². The van der Waals surface area contributed by atoms with E-state index >= 15 is 0 Å². The van der Waals surface area contributed by atoms with Gasteiger partial charge in [0.2, 0.25) is 0 Å². The van der Waals surface area contributed by atoms with Crippen LogP contribution >= 0.6 is 0 Å². The lowest BCUT2D eigenvalue weighted by Gasteiger charge is -2.38. The van der Waals surface area contributed by atoms with E-state index in [1.54, 1.807) is 24.3 Å². The summed E-state index contributed by atoms with van der Waals surface area (Å²) in [6, 6.07) is 13.0. The van der Waals surface area contributed by atoms with Gasteiger partial charge in [0.05, 0.1) is 12.2 Å². The lowest BCUT2D eigenvalue weighted by Crippen LogP contribution is -2.52. The number of hydrogen-bond donors (Lipinski definition) is 0. The van der Waals surface area contributed by atoms with E-state index < -0.39 is 31.2 Å². The monoisotopic (exact) mass is 494 g/mol. The van der Waals surface area contributed by atoms with Crippen LogP contribution in [-0.4, -0.2) is 37.8 Å². The Morgan fingerprint density at radius 2 is 1.28 bits per heavy atom. The summed E-state index contributed by atoms with van der Waals surface area (Å²) in [6.07, 6.45) is 0.839. The Kier molecular flexibility index (Phi) is 9.00. The van der Waals surface area contributed by atoms with E-state index in [4.69, 9.17) is 17.7 Å². The van der Waals surface area contributed by atoms with Gasteiger partial charge in [-0.1, -0.05) is 0 Å². The van der Waals surface area contributed by atoms with Gasteiger partial charge in [0.1, 0.15) is 17.3 Å². The molecule has 0 saturated carbocycles. The van der Waals surface area contributed by atoms with Crippen LogP contribution in [-0.2, 0) is 8.23 Å². The van der Waals surface area contributed by atoms with Crippen molar-refractivity contribution < 1.29 is 26.9 Å². The molecule has 0 aliphatic carbocycles. The van der Waals surface area contributed by atoms with Gasteiger partial charge in [0.15, 0.2) is 16.6 Å². The van der Waals surface area contributed by atoms with E-state index in [-0.39, 0.29) is 5.82 Å². The first-order chi connectivity index (χ1) is 14.7. The zero-order valence-corrected chi connectivity index (χ0v) is 23.2. The maximum absolute atomic E-state index is 13.0. The summed E-state index contributed by atoms with van der Waals surface area (Å²) in [4.78, 5) is 12.2. The Balaban J connectivity index is 1.86. The summed E-state index contributed by atoms with van der Waals surface area (Å²) < 4.78 is 37.1. The predicted octanol–water partition coefficient (Wildman–Crippen LogP) is 6.59. The van der Waals surface area contributed by atoms with E-state index in [1.807, 2.05) is 0 Å². The third-order valence-corrected chi connectivity index (χ3v) is 13.8. The lowest BCUT2D eigenvalue weighted by atomic mass is 10.2. The molecule has 0 amide bonds. The first-order valence-corrected chi connectivity index (χ1v) is 20.2. The summed E-state index contributed by atoms with van der Waals surface area (Å²) in [5.74, 6) is 0.0965. The molecular weight excluding hydrogens is 460 g/mol. The van der Waals surface area contributed by atoms with Crippen molar-refractivity contribution in [2.45, 2.75) is 58.3 Å². The maximum atomic E-state index is 13.0. The fraction of sp³-hybridized carbons (Fsp3) is 0.435. The Morgan fingerprint density at radius 1 is 0.781 bits per heavy atom. The zero-order valence-electron chi connectivity index (χ0n) is 20.2. The quantitative estimate of drug-likeness (QED) is 0.153. The molecule has 0 saturated heterocycles. The minimum Gasteiger partial charge on any atom is -0.494 e. The number of benzene rings is 2. The molecule has 2 rings (SSSR count). The molecule has 0 N–H and O–H groups in total. The van der Waals surface area contributed by atoms with Crippen molar-refractivity contribution in [3.05, 3.63) is 59.9 Å². The van der Waals surface area contributed by atoms with E-state index in [9.17, 15) is 9.18 Å². The molecule has 176 valence electrons. The van der Waals surface area contributed by atoms with Crippen LogP contribution in [0.3, 0.4) is 0 Å². The van der Waals surface area contributed by atoms with Crippen LogP contribution in [0.15, 0.2) is 48.5 Å². The topological polar surface area (TPSA) is 54.0 Å². The van der Waals surface area contributed by atoms with Gasteiger partial charge in [-0.2, -0.15) is 0 Å². The molecule has 9 heteroatoms. The highest BCUT2D eigenvalue weighted by atomic mass is 28.5. The molecule has 5 nitrogen and oxygen atoms in total. The van der Waals surface area contributed by atoms with Gasteiger partial charge >= 0.3 is 14.5 Å². The molecular formula is C23H35FO5Si3. The third kappa shape index (κ3) is 9.78. The van der Waals surface area contributed by atoms with Crippen LogP contribution in [0.4, 0.5) is 4.39 Å². The van der Waals surface area contributed by atoms with Crippen molar-refractivity contribution in [2.75, 3.05) is 6.61 Å². The first-order valence-electron chi connectivity index (χ1n) is 10.9. The minimum atomic E-state index is -2.26. The second-order valence-corrected chi connectivity index (χ2v) is 22.7. The van der Waals surface area contributed by atoms with E-state index in [1.165, 1.54) is 24.3 Å². The zero-order chi connectivity index (χ0) is 24.0. The lowest BCUT2D eigenvalue weighted by molar-refractivity contribution is 0.0734. The summed E-state index contributed by atoms with van der Waals surface area (Å²) in [5.41, 5.74) is 0.397. The summed E-state index contributed by atoms with van der Waals surface area (Å²) in [5, 5.41) is 0. The number of halogens is 1. The van der Waals surface area contributed by atoms with Crippen LogP contribution in [0.25, 0.3) is 0 Å². The molecule has 0 spiro atoms. The Labute approximate surface area is 194 Å². The molecule has 0 atom stereocenters. The van der Waals surface area contributed by atoms with Gasteiger partial charge in [-0.3, -0.25) is 0 Å². The summed E-state index contributed by atoms with van der Waals surface area (Å²) >= 11 is 0. The second-order valence-electron chi connectivity index (χ2n) is 9.88. The molecule has 2 aromatic rings. The van der Waals surface area contributed by atoms with Crippen LogP contribution < -0.4 is 9.47 Å². The van der Waals surface area contributed by atoms with Gasteiger partial charge in [-0.15, -0.1) is 0 Å². The minimum absolute atomic E-state index is 0.296. The Hall–Kier alpha value is -1.79. The smallest absolute Gasteiger partial charge is 0.343 e. The van der Waals surface area contributed by atoms with E-state index in [2.05, 4.69) is 45.8 Å². The molecule has 2 aromatic carbocycles. The molecule has 0 aliphatic rings. The van der Waals surface area contributed by atoms with Gasteiger partial charge in [-0.25, -0.2) is 9.18 Å². The molecule has 0 fully saturated rings.